The van der Waals surface area contributed by atoms with E-state index in [0.717, 1.165) is 0 Å². The summed E-state index contributed by atoms with van der Waals surface area (Å²) < 4.78 is 0. The third-order valence-electron chi connectivity index (χ3n) is 3.62. The molecule has 1 amide bonds. The Kier molecular flexibility index (Phi) is 5.05. The van der Waals surface area contributed by atoms with Crippen molar-refractivity contribution in [1.82, 2.24) is 15.3 Å². The monoisotopic (exact) mass is 389 g/mol. The number of anilines is 1. The molecular weight excluding hydrogens is 374 g/mol. The van der Waals surface area contributed by atoms with Crippen LogP contribution in [0, 0.1) is 10.1 Å². The summed E-state index contributed by atoms with van der Waals surface area (Å²) in [7, 11) is 0. The topological polar surface area (TPSA) is 124 Å². The van der Waals surface area contributed by atoms with Crippen LogP contribution < -0.4 is 11.1 Å². The number of nitrogens with zero attached hydrogens (tertiary/aromatic N) is 3. The number of carbonyl (C=O) groups excluding carboxylic acids is 1. The Morgan fingerprint density at radius 3 is 2.85 bits per heavy atom. The lowest BCUT2D eigenvalue weighted by molar-refractivity contribution is -0.384. The van der Waals surface area contributed by atoms with Crippen molar-refractivity contribution in [3.63, 3.8) is 0 Å². The predicted octanol–water partition coefficient (Wildman–Crippen LogP) is 3.32. The van der Waals surface area contributed by atoms with Gasteiger partial charge in [0.25, 0.3) is 11.6 Å². The number of hydrogen-bond donors (Lipinski definition) is 2. The number of thioether (sulfide) groups is 1. The molecule has 0 atom stereocenters. The lowest BCUT2D eigenvalue weighted by atomic mass is 10.1. The molecule has 2 aromatic heterocycles. The molecule has 0 saturated carbocycles. The summed E-state index contributed by atoms with van der Waals surface area (Å²) in [5.74, 6) is -0.274. The molecule has 26 heavy (non-hydrogen) atoms. The third kappa shape index (κ3) is 3.20. The second-order valence-electron chi connectivity index (χ2n) is 5.25. The van der Waals surface area contributed by atoms with Crippen molar-refractivity contribution in [3.05, 3.63) is 39.3 Å². The van der Waals surface area contributed by atoms with E-state index < -0.39 is 4.92 Å². The van der Waals surface area contributed by atoms with Crippen LogP contribution in [-0.4, -0.2) is 33.6 Å². The summed E-state index contributed by atoms with van der Waals surface area (Å²) in [5.41, 5.74) is 7.49. The van der Waals surface area contributed by atoms with Crippen molar-refractivity contribution in [2.75, 3.05) is 18.5 Å². The average molecular weight is 389 g/mol. The molecule has 3 aromatic rings. The molecule has 8 nitrogen and oxygen atoms in total. The zero-order valence-corrected chi connectivity index (χ0v) is 15.6. The number of thiophene rings is 1. The quantitative estimate of drug-likeness (QED) is 0.297. The number of nitrogens with one attached hydrogen (secondary N) is 1. The van der Waals surface area contributed by atoms with Crippen molar-refractivity contribution in [2.45, 2.75) is 12.1 Å². The molecule has 10 heteroatoms. The first-order chi connectivity index (χ1) is 12.5. The molecule has 0 spiro atoms. The van der Waals surface area contributed by atoms with E-state index in [0.29, 0.717) is 38.1 Å². The lowest BCUT2D eigenvalue weighted by Gasteiger charge is -2.06. The highest BCUT2D eigenvalue weighted by Gasteiger charge is 2.22. The maximum absolute atomic E-state index is 12.3. The minimum atomic E-state index is -0.464. The van der Waals surface area contributed by atoms with Gasteiger partial charge in [-0.3, -0.25) is 14.9 Å². The van der Waals surface area contributed by atoms with E-state index in [-0.39, 0.29) is 17.3 Å². The van der Waals surface area contributed by atoms with Crippen LogP contribution in [0.15, 0.2) is 29.4 Å². The highest BCUT2D eigenvalue weighted by atomic mass is 32.2. The average Bonchev–Trinajstić information content (AvgIpc) is 2.98. The Hall–Kier alpha value is -2.72. The van der Waals surface area contributed by atoms with Gasteiger partial charge in [0, 0.05) is 24.2 Å². The molecule has 0 saturated heterocycles. The SMILES string of the molecule is CCNC(=O)c1sc2nc(SC)nc(-c3cccc([N+](=O)[O-])c3)c2c1N. The maximum atomic E-state index is 12.3. The van der Waals surface area contributed by atoms with E-state index in [1.165, 1.54) is 35.2 Å². The standard InChI is InChI=1S/C16H15N5O3S2/c1-3-18-14(22)13-11(17)10-12(19-16(25-2)20-15(10)26-13)8-5-4-6-9(7-8)21(23)24/h4-7H,3,17H2,1-2H3,(H,18,22). The van der Waals surface area contributed by atoms with Gasteiger partial charge in [0.15, 0.2) is 5.16 Å². The fraction of sp³-hybridized carbons (Fsp3) is 0.188. The van der Waals surface area contributed by atoms with Crippen LogP contribution >= 0.6 is 23.1 Å². The largest absolute Gasteiger partial charge is 0.397 e. The first kappa shape index (κ1) is 18.1. The lowest BCUT2D eigenvalue weighted by Crippen LogP contribution is -2.22. The van der Waals surface area contributed by atoms with Crippen LogP contribution in [0.25, 0.3) is 21.5 Å². The van der Waals surface area contributed by atoms with E-state index in [1.807, 2.05) is 13.2 Å². The van der Waals surface area contributed by atoms with Gasteiger partial charge in [0.1, 0.15) is 9.71 Å². The second-order valence-corrected chi connectivity index (χ2v) is 7.02. The molecule has 0 fully saturated rings. The van der Waals surface area contributed by atoms with Crippen LogP contribution in [0.1, 0.15) is 16.6 Å². The van der Waals surface area contributed by atoms with Crippen LogP contribution in [0.2, 0.25) is 0 Å². The van der Waals surface area contributed by atoms with Crippen molar-refractivity contribution in [2.24, 2.45) is 0 Å². The number of aromatic nitrogens is 2. The molecule has 3 rings (SSSR count). The van der Waals surface area contributed by atoms with E-state index in [2.05, 4.69) is 15.3 Å². The van der Waals surface area contributed by atoms with Crippen LogP contribution in [-0.2, 0) is 0 Å². The number of nitrogens with two attached hydrogens (primary N) is 1. The Morgan fingerprint density at radius 1 is 1.42 bits per heavy atom. The van der Waals surface area contributed by atoms with E-state index in [9.17, 15) is 14.9 Å². The number of carbonyl (C=O) groups is 1. The van der Waals surface area contributed by atoms with Crippen molar-refractivity contribution < 1.29 is 9.72 Å². The highest BCUT2D eigenvalue weighted by Crippen LogP contribution is 2.39. The van der Waals surface area contributed by atoms with Gasteiger partial charge in [-0.05, 0) is 13.2 Å². The number of nitrogen functional groups attached to an aromatic ring is 1. The minimum absolute atomic E-state index is 0.0438. The first-order valence-corrected chi connectivity index (χ1v) is 9.67. The zero-order chi connectivity index (χ0) is 18.8. The second kappa shape index (κ2) is 7.26. The van der Waals surface area contributed by atoms with Crippen LogP contribution in [0.5, 0.6) is 0 Å². The Labute approximate surface area is 157 Å². The summed E-state index contributed by atoms with van der Waals surface area (Å²) in [6.07, 6.45) is 1.83. The zero-order valence-electron chi connectivity index (χ0n) is 14.0. The molecule has 3 N–H and O–H groups in total. The van der Waals surface area contributed by atoms with Gasteiger partial charge in [-0.25, -0.2) is 9.97 Å². The first-order valence-electron chi connectivity index (χ1n) is 7.63. The van der Waals surface area contributed by atoms with Crippen LogP contribution in [0.4, 0.5) is 11.4 Å². The van der Waals surface area contributed by atoms with E-state index >= 15 is 0 Å². The molecule has 0 aliphatic rings. The summed E-state index contributed by atoms with van der Waals surface area (Å²) in [4.78, 5) is 32.8. The third-order valence-corrected chi connectivity index (χ3v) is 5.27. The Bertz CT molecular complexity index is 1020. The molecule has 0 radical (unpaired) electrons. The number of hydrogen-bond acceptors (Lipinski definition) is 8. The summed E-state index contributed by atoms with van der Waals surface area (Å²) in [5, 5.41) is 14.9. The number of benzene rings is 1. The number of nitro groups is 1. The molecule has 0 unspecified atom stereocenters. The molecule has 0 bridgehead atoms. The summed E-state index contributed by atoms with van der Waals surface area (Å²) in [6, 6.07) is 6.17. The van der Waals surface area contributed by atoms with Crippen molar-refractivity contribution >= 4 is 50.6 Å². The van der Waals surface area contributed by atoms with Gasteiger partial charge in [-0.2, -0.15) is 0 Å². The molecule has 1 aromatic carbocycles. The Morgan fingerprint density at radius 2 is 2.19 bits per heavy atom. The molecule has 0 aliphatic carbocycles. The molecule has 2 heterocycles. The van der Waals surface area contributed by atoms with Gasteiger partial charge < -0.3 is 11.1 Å². The fourth-order valence-corrected chi connectivity index (χ4v) is 3.91. The van der Waals surface area contributed by atoms with Crippen molar-refractivity contribution in [1.29, 1.82) is 0 Å². The Balaban J connectivity index is 2.28. The van der Waals surface area contributed by atoms with Gasteiger partial charge in [0.2, 0.25) is 0 Å². The fourth-order valence-electron chi connectivity index (χ4n) is 2.48. The smallest absolute Gasteiger partial charge is 0.270 e. The number of rotatable bonds is 5. The van der Waals surface area contributed by atoms with Gasteiger partial charge in [0.05, 0.1) is 21.7 Å². The normalized spacial score (nSPS) is 10.8. The van der Waals surface area contributed by atoms with E-state index in [1.54, 1.807) is 12.1 Å². The summed E-state index contributed by atoms with van der Waals surface area (Å²) >= 11 is 2.53. The van der Waals surface area contributed by atoms with E-state index in [4.69, 9.17) is 5.73 Å². The van der Waals surface area contributed by atoms with Crippen molar-refractivity contribution in [3.8, 4) is 11.3 Å². The summed E-state index contributed by atoms with van der Waals surface area (Å²) in [6.45, 7) is 2.30. The predicted molar refractivity (Wildman–Crippen MR) is 104 cm³/mol. The van der Waals surface area contributed by atoms with Gasteiger partial charge in [-0.1, -0.05) is 23.9 Å². The number of non-ortho nitro benzene ring substituents is 1. The molecule has 0 aliphatic heterocycles. The van der Waals surface area contributed by atoms with Crippen LogP contribution in [0.3, 0.4) is 0 Å². The maximum Gasteiger partial charge on any atom is 0.270 e. The highest BCUT2D eigenvalue weighted by molar-refractivity contribution is 7.98. The van der Waals surface area contributed by atoms with Gasteiger partial charge in [-0.15, -0.1) is 11.3 Å². The molecule has 134 valence electrons. The number of amides is 1. The minimum Gasteiger partial charge on any atom is -0.397 e. The van der Waals surface area contributed by atoms with Gasteiger partial charge >= 0.3 is 0 Å². The number of nitro benzene ring substituents is 1. The molecular formula is C16H15N5O3S2. The number of fused-ring (bicyclic) bond motifs is 1.